The van der Waals surface area contributed by atoms with Crippen molar-refractivity contribution in [1.82, 2.24) is 4.90 Å². The first-order valence-corrected chi connectivity index (χ1v) is 8.98. The highest BCUT2D eigenvalue weighted by atomic mass is 79.9. The molecular weight excluding hydrogens is 400 g/mol. The van der Waals surface area contributed by atoms with E-state index in [4.69, 9.17) is 9.47 Å². The lowest BCUT2D eigenvalue weighted by Crippen LogP contribution is -2.36. The number of hydrogen-bond donors (Lipinski definition) is 0. The summed E-state index contributed by atoms with van der Waals surface area (Å²) in [5, 5.41) is 0. The van der Waals surface area contributed by atoms with Crippen molar-refractivity contribution < 1.29 is 19.1 Å². The Bertz CT molecular complexity index is 767. The summed E-state index contributed by atoms with van der Waals surface area (Å²) in [4.78, 5) is 27.2. The number of nitrogens with zero attached hydrogens (tertiary/aromatic N) is 2. The van der Waals surface area contributed by atoms with Gasteiger partial charge in [0.15, 0.2) is 0 Å². The Morgan fingerprint density at radius 2 is 1.92 bits per heavy atom. The van der Waals surface area contributed by atoms with E-state index in [2.05, 4.69) is 15.9 Å². The molecule has 1 fully saturated rings. The highest BCUT2D eigenvalue weighted by molar-refractivity contribution is 9.10. The number of anilines is 1. The molecule has 7 heteroatoms. The number of benzene rings is 2. The van der Waals surface area contributed by atoms with Crippen molar-refractivity contribution in [3.05, 3.63) is 64.6 Å². The van der Waals surface area contributed by atoms with Crippen LogP contribution in [0.15, 0.2) is 59.1 Å². The molecule has 136 valence electrons. The predicted molar refractivity (Wildman–Crippen MR) is 101 cm³/mol. The first kappa shape index (κ1) is 18.3. The molecule has 2 aromatic rings. The standard InChI is InChI=1S/C19H19BrN2O4/c1-21(18(23)25-13-14-5-3-2-4-6-14)11-17-12-22(19(24)26-17)16-9-7-15(20)8-10-16/h2-10,17H,11-13H2,1H3. The Labute approximate surface area is 160 Å². The molecule has 6 nitrogen and oxygen atoms in total. The third kappa shape index (κ3) is 4.54. The Morgan fingerprint density at radius 3 is 2.62 bits per heavy atom. The monoisotopic (exact) mass is 418 g/mol. The molecule has 2 aromatic carbocycles. The first-order valence-electron chi connectivity index (χ1n) is 8.18. The topological polar surface area (TPSA) is 59.1 Å². The van der Waals surface area contributed by atoms with Gasteiger partial charge in [-0.15, -0.1) is 0 Å². The molecule has 0 bridgehead atoms. The van der Waals surface area contributed by atoms with Crippen LogP contribution in [-0.4, -0.2) is 43.3 Å². The van der Waals surface area contributed by atoms with Crippen LogP contribution in [0.4, 0.5) is 15.3 Å². The molecule has 2 amide bonds. The number of halogens is 1. The van der Waals surface area contributed by atoms with Crippen LogP contribution in [-0.2, 0) is 16.1 Å². The minimum absolute atomic E-state index is 0.208. The molecule has 1 aliphatic heterocycles. The van der Waals surface area contributed by atoms with Gasteiger partial charge in [-0.2, -0.15) is 0 Å². The molecule has 0 aromatic heterocycles. The second kappa shape index (κ2) is 8.23. The molecule has 0 radical (unpaired) electrons. The predicted octanol–water partition coefficient (Wildman–Crippen LogP) is 4.04. The molecule has 1 atom stereocenters. The lowest BCUT2D eigenvalue weighted by atomic mass is 10.2. The maximum Gasteiger partial charge on any atom is 0.414 e. The zero-order valence-corrected chi connectivity index (χ0v) is 15.9. The second-order valence-corrected chi connectivity index (χ2v) is 6.93. The number of ether oxygens (including phenoxy) is 2. The molecule has 0 N–H and O–H groups in total. The number of amides is 2. The van der Waals surface area contributed by atoms with Crippen LogP contribution in [0.1, 0.15) is 5.56 Å². The van der Waals surface area contributed by atoms with E-state index in [1.807, 2.05) is 54.6 Å². The normalized spacial score (nSPS) is 16.3. The maximum absolute atomic E-state index is 12.1. The molecule has 0 spiro atoms. The fraction of sp³-hybridized carbons (Fsp3) is 0.263. The molecule has 1 saturated heterocycles. The largest absolute Gasteiger partial charge is 0.445 e. The summed E-state index contributed by atoms with van der Waals surface area (Å²) in [6, 6.07) is 16.9. The van der Waals surface area contributed by atoms with Crippen molar-refractivity contribution in [2.24, 2.45) is 0 Å². The fourth-order valence-electron chi connectivity index (χ4n) is 2.66. The van der Waals surface area contributed by atoms with Crippen LogP contribution in [0, 0.1) is 0 Å². The van der Waals surface area contributed by atoms with E-state index in [1.54, 1.807) is 11.9 Å². The number of carbonyl (C=O) groups excluding carboxylic acids is 2. The highest BCUT2D eigenvalue weighted by Gasteiger charge is 2.33. The van der Waals surface area contributed by atoms with E-state index in [0.29, 0.717) is 6.54 Å². The summed E-state index contributed by atoms with van der Waals surface area (Å²) in [6.45, 7) is 0.864. The van der Waals surface area contributed by atoms with Crippen LogP contribution < -0.4 is 4.90 Å². The smallest absolute Gasteiger partial charge is 0.414 e. The first-order chi connectivity index (χ1) is 12.5. The summed E-state index contributed by atoms with van der Waals surface area (Å²) in [6.07, 6.45) is -1.27. The number of carbonyl (C=O) groups is 2. The summed E-state index contributed by atoms with van der Waals surface area (Å²) < 4.78 is 11.6. The minimum atomic E-state index is -0.452. The van der Waals surface area contributed by atoms with Crippen LogP contribution in [0.2, 0.25) is 0 Å². The highest BCUT2D eigenvalue weighted by Crippen LogP contribution is 2.24. The minimum Gasteiger partial charge on any atom is -0.445 e. The van der Waals surface area contributed by atoms with Crippen LogP contribution in [0.5, 0.6) is 0 Å². The van der Waals surface area contributed by atoms with Crippen molar-refractivity contribution in [2.45, 2.75) is 12.7 Å². The van der Waals surface area contributed by atoms with Gasteiger partial charge in [0.25, 0.3) is 0 Å². The van der Waals surface area contributed by atoms with E-state index >= 15 is 0 Å². The number of cyclic esters (lactones) is 1. The lowest BCUT2D eigenvalue weighted by molar-refractivity contribution is 0.0807. The van der Waals surface area contributed by atoms with Gasteiger partial charge in [0.05, 0.1) is 13.1 Å². The molecule has 26 heavy (non-hydrogen) atoms. The molecular formula is C19H19BrN2O4. The van der Waals surface area contributed by atoms with Crippen molar-refractivity contribution in [1.29, 1.82) is 0 Å². The summed E-state index contributed by atoms with van der Waals surface area (Å²) in [7, 11) is 1.63. The zero-order valence-electron chi connectivity index (χ0n) is 14.3. The van der Waals surface area contributed by atoms with Gasteiger partial charge < -0.3 is 14.4 Å². The van der Waals surface area contributed by atoms with Gasteiger partial charge >= 0.3 is 12.2 Å². The molecule has 1 heterocycles. The summed E-state index contributed by atoms with van der Waals surface area (Å²) >= 11 is 3.37. The number of rotatable bonds is 5. The van der Waals surface area contributed by atoms with Crippen molar-refractivity contribution in [2.75, 3.05) is 25.0 Å². The van der Waals surface area contributed by atoms with Crippen LogP contribution in [0.25, 0.3) is 0 Å². The Kier molecular flexibility index (Phi) is 5.78. The van der Waals surface area contributed by atoms with Gasteiger partial charge in [0, 0.05) is 17.2 Å². The Hall–Kier alpha value is -2.54. The van der Waals surface area contributed by atoms with Gasteiger partial charge in [-0.05, 0) is 29.8 Å². The van der Waals surface area contributed by atoms with Gasteiger partial charge in [-0.1, -0.05) is 46.3 Å². The lowest BCUT2D eigenvalue weighted by Gasteiger charge is -2.19. The van der Waals surface area contributed by atoms with Gasteiger partial charge in [0.1, 0.15) is 12.7 Å². The van der Waals surface area contributed by atoms with E-state index in [-0.39, 0.29) is 13.2 Å². The van der Waals surface area contributed by atoms with Crippen molar-refractivity contribution in [3.63, 3.8) is 0 Å². The van der Waals surface area contributed by atoms with Crippen molar-refractivity contribution in [3.8, 4) is 0 Å². The van der Waals surface area contributed by atoms with Gasteiger partial charge in [0.2, 0.25) is 0 Å². The number of hydrogen-bond acceptors (Lipinski definition) is 4. The molecule has 0 aliphatic carbocycles. The summed E-state index contributed by atoms with van der Waals surface area (Å²) in [5.41, 5.74) is 1.68. The molecule has 1 unspecified atom stereocenters. The van der Waals surface area contributed by atoms with Crippen molar-refractivity contribution >= 4 is 33.8 Å². The molecule has 3 rings (SSSR count). The maximum atomic E-state index is 12.1. The summed E-state index contributed by atoms with van der Waals surface area (Å²) in [5.74, 6) is 0. The SMILES string of the molecule is CN(CC1CN(c2ccc(Br)cc2)C(=O)O1)C(=O)OCc1ccccc1. The van der Waals surface area contributed by atoms with E-state index in [1.165, 1.54) is 4.90 Å². The zero-order chi connectivity index (χ0) is 18.5. The average Bonchev–Trinajstić information content (AvgIpc) is 3.01. The third-order valence-electron chi connectivity index (χ3n) is 4.01. The van der Waals surface area contributed by atoms with E-state index < -0.39 is 18.3 Å². The van der Waals surface area contributed by atoms with Gasteiger partial charge in [-0.25, -0.2) is 9.59 Å². The quantitative estimate of drug-likeness (QED) is 0.734. The number of likely N-dealkylation sites (N-methyl/N-ethyl adjacent to an activating group) is 1. The van der Waals surface area contributed by atoms with E-state index in [9.17, 15) is 9.59 Å². The average molecular weight is 419 g/mol. The van der Waals surface area contributed by atoms with E-state index in [0.717, 1.165) is 15.7 Å². The third-order valence-corrected chi connectivity index (χ3v) is 4.54. The fourth-order valence-corrected chi connectivity index (χ4v) is 2.92. The van der Waals surface area contributed by atoms with Gasteiger partial charge in [-0.3, -0.25) is 4.90 Å². The Morgan fingerprint density at radius 1 is 1.23 bits per heavy atom. The molecule has 0 saturated carbocycles. The second-order valence-electron chi connectivity index (χ2n) is 6.01. The molecule has 1 aliphatic rings. The van der Waals surface area contributed by atoms with Crippen LogP contribution >= 0.6 is 15.9 Å². The Balaban J connectivity index is 1.51. The van der Waals surface area contributed by atoms with Crippen LogP contribution in [0.3, 0.4) is 0 Å².